The second-order valence-electron chi connectivity index (χ2n) is 4.63. The van der Waals surface area contributed by atoms with Crippen LogP contribution in [0.3, 0.4) is 0 Å². The first-order valence-corrected chi connectivity index (χ1v) is 7.50. The molecule has 0 saturated heterocycles. The molecule has 114 valence electrons. The molecular formula is C15H13Cl2N3O2. The molecule has 5 nitrogen and oxygen atoms in total. The highest BCUT2D eigenvalue weighted by molar-refractivity contribution is 6.42. The summed E-state index contributed by atoms with van der Waals surface area (Å²) in [5, 5.41) is 9.91. The van der Waals surface area contributed by atoms with Crippen molar-refractivity contribution in [3.8, 4) is 6.07 Å². The Balaban J connectivity index is 2.30. The number of aromatic nitrogens is 2. The maximum Gasteiger partial charge on any atom is 0.329 e. The molecular weight excluding hydrogens is 325 g/mol. The van der Waals surface area contributed by atoms with E-state index in [2.05, 4.69) is 9.97 Å². The van der Waals surface area contributed by atoms with E-state index in [0.717, 1.165) is 12.8 Å². The number of hydrogen-bond donors (Lipinski definition) is 0. The molecule has 0 amide bonds. The van der Waals surface area contributed by atoms with Gasteiger partial charge in [-0.2, -0.15) is 5.26 Å². The highest BCUT2D eigenvalue weighted by atomic mass is 35.5. The number of esters is 1. The summed E-state index contributed by atoms with van der Waals surface area (Å²) < 4.78 is 5.07. The number of hydrogen-bond acceptors (Lipinski definition) is 5. The SMILES string of the molecule is CCCCOC(=O)C(C#N)c1cnc2cc(Cl)c(Cl)cc2n1. The fourth-order valence-electron chi connectivity index (χ4n) is 1.80. The van der Waals surface area contributed by atoms with Crippen molar-refractivity contribution in [3.05, 3.63) is 34.1 Å². The van der Waals surface area contributed by atoms with Crippen LogP contribution >= 0.6 is 23.2 Å². The zero-order chi connectivity index (χ0) is 16.1. The normalized spacial score (nSPS) is 11.9. The third kappa shape index (κ3) is 3.65. The lowest BCUT2D eigenvalue weighted by molar-refractivity contribution is -0.144. The van der Waals surface area contributed by atoms with Crippen LogP contribution in [0.15, 0.2) is 18.3 Å². The number of unbranched alkanes of at least 4 members (excludes halogenated alkanes) is 1. The molecule has 1 unspecified atom stereocenters. The van der Waals surface area contributed by atoms with Crippen LogP contribution in [0.2, 0.25) is 10.0 Å². The quantitative estimate of drug-likeness (QED) is 0.611. The van der Waals surface area contributed by atoms with Gasteiger partial charge in [-0.15, -0.1) is 0 Å². The zero-order valence-electron chi connectivity index (χ0n) is 11.8. The third-order valence-corrected chi connectivity index (χ3v) is 3.73. The summed E-state index contributed by atoms with van der Waals surface area (Å²) in [6, 6.07) is 5.03. The summed E-state index contributed by atoms with van der Waals surface area (Å²) >= 11 is 11.9. The monoisotopic (exact) mass is 337 g/mol. The number of fused-ring (bicyclic) bond motifs is 1. The highest BCUT2D eigenvalue weighted by Gasteiger charge is 2.24. The van der Waals surface area contributed by atoms with Gasteiger partial charge in [0.2, 0.25) is 0 Å². The van der Waals surface area contributed by atoms with Crippen molar-refractivity contribution in [2.75, 3.05) is 6.61 Å². The van der Waals surface area contributed by atoms with Crippen LogP contribution in [0.1, 0.15) is 31.4 Å². The minimum Gasteiger partial charge on any atom is -0.464 e. The lowest BCUT2D eigenvalue weighted by Crippen LogP contribution is -2.16. The lowest BCUT2D eigenvalue weighted by Gasteiger charge is -2.09. The maximum absolute atomic E-state index is 11.9. The molecule has 1 aromatic carbocycles. The van der Waals surface area contributed by atoms with E-state index in [4.69, 9.17) is 27.9 Å². The second kappa shape index (κ2) is 7.39. The summed E-state index contributed by atoms with van der Waals surface area (Å²) in [5.41, 5.74) is 1.23. The molecule has 2 aromatic rings. The van der Waals surface area contributed by atoms with E-state index in [9.17, 15) is 10.1 Å². The molecule has 0 spiro atoms. The van der Waals surface area contributed by atoms with E-state index in [0.29, 0.717) is 21.1 Å². The standard InChI is InChI=1S/C15H13Cl2N3O2/c1-2-3-4-22-15(21)9(7-18)14-8-19-12-5-10(16)11(17)6-13(12)20-14/h5-6,8-9H,2-4H2,1H3. The summed E-state index contributed by atoms with van der Waals surface area (Å²) in [4.78, 5) is 20.4. The molecule has 1 atom stereocenters. The van der Waals surface area contributed by atoms with Gasteiger partial charge in [0.1, 0.15) is 0 Å². The van der Waals surface area contributed by atoms with Crippen LogP contribution in [0.25, 0.3) is 11.0 Å². The Bertz CT molecular complexity index is 743. The Morgan fingerprint density at radius 1 is 1.36 bits per heavy atom. The molecule has 0 radical (unpaired) electrons. The Kier molecular flexibility index (Phi) is 5.53. The number of halogens is 2. The minimum absolute atomic E-state index is 0.231. The lowest BCUT2D eigenvalue weighted by atomic mass is 10.1. The van der Waals surface area contributed by atoms with Crippen molar-refractivity contribution < 1.29 is 9.53 Å². The first-order valence-electron chi connectivity index (χ1n) is 6.74. The molecule has 0 bridgehead atoms. The Labute approximate surface area is 137 Å². The summed E-state index contributed by atoms with van der Waals surface area (Å²) in [6.07, 6.45) is 3.03. The number of carbonyl (C=O) groups is 1. The molecule has 1 heterocycles. The van der Waals surface area contributed by atoms with Crippen LogP contribution in [0, 0.1) is 11.3 Å². The van der Waals surface area contributed by atoms with Crippen molar-refractivity contribution in [3.63, 3.8) is 0 Å². The van der Waals surface area contributed by atoms with Crippen LogP contribution in [0.5, 0.6) is 0 Å². The summed E-state index contributed by atoms with van der Waals surface area (Å²) in [5.74, 6) is -1.73. The second-order valence-corrected chi connectivity index (χ2v) is 5.45. The van der Waals surface area contributed by atoms with E-state index in [1.54, 1.807) is 12.1 Å². The van der Waals surface area contributed by atoms with Gasteiger partial charge in [-0.3, -0.25) is 9.78 Å². The van der Waals surface area contributed by atoms with Crippen molar-refractivity contribution in [2.45, 2.75) is 25.7 Å². The fraction of sp³-hybridized carbons (Fsp3) is 0.333. The molecule has 0 aliphatic carbocycles. The van der Waals surface area contributed by atoms with E-state index in [1.807, 2.05) is 13.0 Å². The Hall–Kier alpha value is -1.90. The summed E-state index contributed by atoms with van der Waals surface area (Å²) in [7, 11) is 0. The van der Waals surface area contributed by atoms with Gasteiger partial charge in [-0.05, 0) is 18.6 Å². The largest absolute Gasteiger partial charge is 0.464 e. The number of ether oxygens (including phenoxy) is 1. The summed E-state index contributed by atoms with van der Waals surface area (Å²) in [6.45, 7) is 2.27. The molecule has 22 heavy (non-hydrogen) atoms. The molecule has 0 aliphatic rings. The fourth-order valence-corrected chi connectivity index (χ4v) is 2.12. The predicted octanol–water partition coefficient (Wildman–Crippen LogP) is 3.89. The Morgan fingerprint density at radius 2 is 2.05 bits per heavy atom. The molecule has 0 aliphatic heterocycles. The number of nitriles is 1. The topological polar surface area (TPSA) is 75.9 Å². The van der Waals surface area contributed by atoms with E-state index in [1.165, 1.54) is 6.20 Å². The average Bonchev–Trinajstić information content (AvgIpc) is 2.49. The van der Waals surface area contributed by atoms with Crippen molar-refractivity contribution in [1.82, 2.24) is 9.97 Å². The van der Waals surface area contributed by atoms with Gasteiger partial charge < -0.3 is 4.74 Å². The van der Waals surface area contributed by atoms with Crippen molar-refractivity contribution in [1.29, 1.82) is 5.26 Å². The average molecular weight is 338 g/mol. The smallest absolute Gasteiger partial charge is 0.329 e. The third-order valence-electron chi connectivity index (χ3n) is 3.01. The molecule has 0 N–H and O–H groups in total. The first-order chi connectivity index (χ1) is 10.6. The van der Waals surface area contributed by atoms with Crippen LogP contribution in [-0.2, 0) is 9.53 Å². The number of carbonyl (C=O) groups excluding carboxylic acids is 1. The van der Waals surface area contributed by atoms with Gasteiger partial charge in [0.15, 0.2) is 5.92 Å². The molecule has 0 fully saturated rings. The minimum atomic E-state index is -1.11. The molecule has 2 rings (SSSR count). The van der Waals surface area contributed by atoms with Gasteiger partial charge in [-0.25, -0.2) is 4.98 Å². The zero-order valence-corrected chi connectivity index (χ0v) is 13.4. The Morgan fingerprint density at radius 3 is 2.68 bits per heavy atom. The number of nitrogens with zero attached hydrogens (tertiary/aromatic N) is 3. The highest BCUT2D eigenvalue weighted by Crippen LogP contribution is 2.27. The van der Waals surface area contributed by atoms with Gasteiger partial charge in [-0.1, -0.05) is 36.5 Å². The molecule has 0 saturated carbocycles. The van der Waals surface area contributed by atoms with E-state index < -0.39 is 11.9 Å². The van der Waals surface area contributed by atoms with E-state index in [-0.39, 0.29) is 12.3 Å². The van der Waals surface area contributed by atoms with Crippen LogP contribution < -0.4 is 0 Å². The number of rotatable bonds is 5. The van der Waals surface area contributed by atoms with Crippen LogP contribution in [-0.4, -0.2) is 22.5 Å². The first kappa shape index (κ1) is 16.5. The van der Waals surface area contributed by atoms with Gasteiger partial charge in [0.25, 0.3) is 0 Å². The van der Waals surface area contributed by atoms with Crippen molar-refractivity contribution in [2.24, 2.45) is 0 Å². The van der Waals surface area contributed by atoms with Crippen molar-refractivity contribution >= 4 is 40.2 Å². The molecule has 1 aromatic heterocycles. The van der Waals surface area contributed by atoms with Gasteiger partial charge in [0, 0.05) is 0 Å². The predicted molar refractivity (Wildman–Crippen MR) is 83.8 cm³/mol. The van der Waals surface area contributed by atoms with Gasteiger partial charge in [0.05, 0.1) is 45.6 Å². The number of benzene rings is 1. The van der Waals surface area contributed by atoms with Crippen LogP contribution in [0.4, 0.5) is 0 Å². The van der Waals surface area contributed by atoms with Gasteiger partial charge >= 0.3 is 5.97 Å². The molecule has 7 heteroatoms. The van der Waals surface area contributed by atoms with E-state index >= 15 is 0 Å². The maximum atomic E-state index is 11.9.